The Morgan fingerprint density at radius 2 is 2.06 bits per heavy atom. The number of hydrogen-bond acceptors (Lipinski definition) is 6. The van der Waals surface area contributed by atoms with Crippen molar-refractivity contribution in [2.75, 3.05) is 0 Å². The minimum Gasteiger partial charge on any atom is -0.467 e. The number of carbonyl (C=O) groups is 2. The summed E-state index contributed by atoms with van der Waals surface area (Å²) in [4.78, 5) is 28.6. The molecule has 162 valence electrons. The number of furan rings is 1. The van der Waals surface area contributed by atoms with Crippen molar-refractivity contribution in [1.29, 1.82) is 0 Å². The van der Waals surface area contributed by atoms with Crippen LogP contribution in [0.1, 0.15) is 65.5 Å². The summed E-state index contributed by atoms with van der Waals surface area (Å²) in [5.74, 6) is 0.0655. The first-order valence-corrected chi connectivity index (χ1v) is 11.4. The monoisotopic (exact) mass is 438 g/mol. The Hall–Kier alpha value is -3.00. The number of nitrogens with zero attached hydrogens (tertiary/aromatic N) is 3. The van der Waals surface area contributed by atoms with E-state index in [4.69, 9.17) is 4.42 Å². The highest BCUT2D eigenvalue weighted by molar-refractivity contribution is 7.03. The van der Waals surface area contributed by atoms with E-state index in [1.54, 1.807) is 23.8 Å². The molecule has 0 spiro atoms. The Morgan fingerprint density at radius 3 is 2.74 bits per heavy atom. The zero-order valence-corrected chi connectivity index (χ0v) is 18.3. The maximum Gasteiger partial charge on any atom is 0.276 e. The van der Waals surface area contributed by atoms with E-state index in [2.05, 4.69) is 14.9 Å². The maximum absolute atomic E-state index is 13.6. The maximum atomic E-state index is 13.6. The van der Waals surface area contributed by atoms with Gasteiger partial charge in [0.25, 0.3) is 5.91 Å². The summed E-state index contributed by atoms with van der Waals surface area (Å²) in [7, 11) is 0. The first-order chi connectivity index (χ1) is 15.1. The molecule has 2 aromatic heterocycles. The molecule has 1 aliphatic carbocycles. The zero-order chi connectivity index (χ0) is 21.6. The Bertz CT molecular complexity index is 998. The van der Waals surface area contributed by atoms with Crippen LogP contribution in [0.15, 0.2) is 52.5 Å². The second-order valence-corrected chi connectivity index (χ2v) is 8.57. The van der Waals surface area contributed by atoms with Gasteiger partial charge in [0.15, 0.2) is 5.69 Å². The van der Waals surface area contributed by atoms with Gasteiger partial charge in [0.05, 0.1) is 12.8 Å². The van der Waals surface area contributed by atoms with E-state index < -0.39 is 6.04 Å². The molecule has 0 radical (unpaired) electrons. The van der Waals surface area contributed by atoms with Crippen LogP contribution in [-0.4, -0.2) is 32.3 Å². The van der Waals surface area contributed by atoms with Crippen molar-refractivity contribution >= 4 is 23.3 Å². The predicted octanol–water partition coefficient (Wildman–Crippen LogP) is 4.27. The van der Waals surface area contributed by atoms with Gasteiger partial charge < -0.3 is 14.6 Å². The lowest BCUT2D eigenvalue weighted by atomic mass is 9.94. The number of hydrogen-bond donors (Lipinski definition) is 1. The Morgan fingerprint density at radius 1 is 1.23 bits per heavy atom. The van der Waals surface area contributed by atoms with Gasteiger partial charge in [0.2, 0.25) is 5.91 Å². The van der Waals surface area contributed by atoms with Crippen molar-refractivity contribution < 1.29 is 14.0 Å². The molecule has 8 heteroatoms. The number of amides is 2. The quantitative estimate of drug-likeness (QED) is 0.595. The van der Waals surface area contributed by atoms with Crippen LogP contribution in [-0.2, 0) is 11.3 Å². The number of aryl methyl sites for hydroxylation is 1. The van der Waals surface area contributed by atoms with Crippen molar-refractivity contribution in [3.63, 3.8) is 0 Å². The molecule has 1 atom stereocenters. The molecule has 0 unspecified atom stereocenters. The van der Waals surface area contributed by atoms with Gasteiger partial charge in [-0.05, 0) is 49.0 Å². The van der Waals surface area contributed by atoms with Crippen molar-refractivity contribution in [1.82, 2.24) is 19.8 Å². The first-order valence-electron chi connectivity index (χ1n) is 10.6. The molecule has 3 aromatic rings. The minimum absolute atomic E-state index is 0.134. The van der Waals surface area contributed by atoms with Gasteiger partial charge in [-0.15, -0.1) is 5.10 Å². The van der Waals surface area contributed by atoms with Gasteiger partial charge in [-0.2, -0.15) is 0 Å². The summed E-state index contributed by atoms with van der Waals surface area (Å²) in [5, 5.41) is 8.75. The molecule has 1 aliphatic rings. The molecule has 0 aliphatic heterocycles. The Labute approximate surface area is 185 Å². The second-order valence-electron chi connectivity index (χ2n) is 7.96. The number of nitrogens with one attached hydrogen (secondary N) is 1. The summed E-state index contributed by atoms with van der Waals surface area (Å²) in [6, 6.07) is 10.6. The van der Waals surface area contributed by atoms with Crippen LogP contribution >= 0.6 is 11.5 Å². The lowest BCUT2D eigenvalue weighted by molar-refractivity contribution is -0.127. The number of carbonyl (C=O) groups excluding carboxylic acids is 2. The van der Waals surface area contributed by atoms with Crippen molar-refractivity contribution in [2.24, 2.45) is 0 Å². The van der Waals surface area contributed by atoms with Gasteiger partial charge in [0.1, 0.15) is 11.8 Å². The summed E-state index contributed by atoms with van der Waals surface area (Å²) in [6.07, 6.45) is 6.92. The van der Waals surface area contributed by atoms with E-state index in [-0.39, 0.29) is 30.1 Å². The van der Waals surface area contributed by atoms with Crippen LogP contribution in [0.2, 0.25) is 0 Å². The van der Waals surface area contributed by atoms with Crippen LogP contribution in [0, 0.1) is 6.92 Å². The lowest BCUT2D eigenvalue weighted by Gasteiger charge is -2.32. The predicted molar refractivity (Wildman–Crippen MR) is 117 cm³/mol. The van der Waals surface area contributed by atoms with Crippen LogP contribution in [0.4, 0.5) is 0 Å². The fraction of sp³-hybridized carbons (Fsp3) is 0.391. The zero-order valence-electron chi connectivity index (χ0n) is 17.5. The largest absolute Gasteiger partial charge is 0.467 e. The third kappa shape index (κ3) is 5.19. The molecule has 1 fully saturated rings. The molecular formula is C23H26N4O3S. The van der Waals surface area contributed by atoms with E-state index in [1.807, 2.05) is 31.2 Å². The molecule has 0 bridgehead atoms. The summed E-state index contributed by atoms with van der Waals surface area (Å²) >= 11 is 1.11. The van der Waals surface area contributed by atoms with Crippen LogP contribution in [0.3, 0.4) is 0 Å². The Balaban J connectivity index is 1.71. The highest BCUT2D eigenvalue weighted by atomic mass is 32.1. The highest BCUT2D eigenvalue weighted by Crippen LogP contribution is 2.28. The highest BCUT2D eigenvalue weighted by Gasteiger charge is 2.35. The smallest absolute Gasteiger partial charge is 0.276 e. The van der Waals surface area contributed by atoms with E-state index in [0.29, 0.717) is 5.76 Å². The van der Waals surface area contributed by atoms with Crippen LogP contribution in [0.5, 0.6) is 0 Å². The molecule has 2 amide bonds. The second kappa shape index (κ2) is 9.87. The average Bonchev–Trinajstić information content (AvgIpc) is 3.48. The summed E-state index contributed by atoms with van der Waals surface area (Å²) in [6.45, 7) is 2.13. The molecule has 31 heavy (non-hydrogen) atoms. The standard InChI is InChI=1S/C23H26N4O3S/c1-16-7-5-8-17(13-16)21(22(28)24-18-9-3-2-4-10-18)27(14-19-11-6-12-30-19)23(29)20-15-31-26-25-20/h5-8,11-13,15,18,21H,2-4,9-10,14H2,1H3,(H,24,28)/t21-/m1/s1. The van der Waals surface area contributed by atoms with E-state index in [9.17, 15) is 9.59 Å². The van der Waals surface area contributed by atoms with Crippen molar-refractivity contribution in [3.05, 3.63) is 70.6 Å². The topological polar surface area (TPSA) is 88.3 Å². The van der Waals surface area contributed by atoms with Gasteiger partial charge >= 0.3 is 0 Å². The van der Waals surface area contributed by atoms with E-state index in [0.717, 1.165) is 48.3 Å². The first kappa shape index (κ1) is 21.2. The van der Waals surface area contributed by atoms with Crippen molar-refractivity contribution in [2.45, 2.75) is 57.7 Å². The van der Waals surface area contributed by atoms with Crippen LogP contribution < -0.4 is 5.32 Å². The van der Waals surface area contributed by atoms with Gasteiger partial charge in [-0.3, -0.25) is 9.59 Å². The normalized spacial score (nSPS) is 15.4. The molecule has 1 aromatic carbocycles. The van der Waals surface area contributed by atoms with Crippen molar-refractivity contribution in [3.8, 4) is 0 Å². The fourth-order valence-electron chi connectivity index (χ4n) is 4.10. The molecular weight excluding hydrogens is 412 g/mol. The SMILES string of the molecule is Cc1cccc([C@H](C(=O)NC2CCCCC2)N(Cc2ccco2)C(=O)c2csnn2)c1. The average molecular weight is 439 g/mol. The lowest BCUT2D eigenvalue weighted by Crippen LogP contribution is -2.47. The van der Waals surface area contributed by atoms with Gasteiger partial charge in [-0.1, -0.05) is 53.6 Å². The molecule has 2 heterocycles. The molecule has 7 nitrogen and oxygen atoms in total. The third-order valence-corrected chi connectivity index (χ3v) is 6.12. The van der Waals surface area contributed by atoms with Gasteiger partial charge in [-0.25, -0.2) is 0 Å². The Kier molecular flexibility index (Phi) is 6.76. The summed E-state index contributed by atoms with van der Waals surface area (Å²) in [5.41, 5.74) is 2.00. The number of aromatic nitrogens is 2. The molecule has 0 saturated heterocycles. The molecule has 1 saturated carbocycles. The van der Waals surface area contributed by atoms with Crippen LogP contribution in [0.25, 0.3) is 0 Å². The van der Waals surface area contributed by atoms with E-state index >= 15 is 0 Å². The minimum atomic E-state index is -0.805. The third-order valence-electron chi connectivity index (χ3n) is 5.62. The van der Waals surface area contributed by atoms with E-state index in [1.165, 1.54) is 11.3 Å². The fourth-order valence-corrected chi connectivity index (χ4v) is 4.53. The molecule has 4 rings (SSSR count). The summed E-state index contributed by atoms with van der Waals surface area (Å²) < 4.78 is 9.34. The number of rotatable bonds is 7. The van der Waals surface area contributed by atoms with Gasteiger partial charge in [0, 0.05) is 11.4 Å². The molecule has 1 N–H and O–H groups in total. The number of benzene rings is 1.